The van der Waals surface area contributed by atoms with E-state index in [1.54, 1.807) is 29.4 Å². The number of imidazole rings is 1. The molecular weight excluding hydrogens is 319 g/mol. The Morgan fingerprint density at radius 1 is 1.09 bits per heavy atom. The Labute approximate surface area is 138 Å². The van der Waals surface area contributed by atoms with Gasteiger partial charge in [0.25, 0.3) is 0 Å². The minimum absolute atomic E-state index is 0.361. The van der Waals surface area contributed by atoms with Crippen LogP contribution in [-0.4, -0.2) is 14.7 Å². The van der Waals surface area contributed by atoms with Crippen molar-refractivity contribution in [1.29, 1.82) is 0 Å². The molecule has 0 saturated heterocycles. The van der Waals surface area contributed by atoms with Crippen molar-refractivity contribution in [3.05, 3.63) is 76.8 Å². The summed E-state index contributed by atoms with van der Waals surface area (Å²) in [6, 6.07) is 13.4. The number of rotatable bonds is 4. The van der Waals surface area contributed by atoms with Crippen LogP contribution in [0.5, 0.6) is 0 Å². The maximum Gasteiger partial charge on any atom is 0.0990 e. The Morgan fingerprint density at radius 2 is 1.86 bits per heavy atom. The van der Waals surface area contributed by atoms with E-state index in [-0.39, 0.29) is 0 Å². The third kappa shape index (κ3) is 3.02. The first-order valence-electron chi connectivity index (χ1n) is 6.84. The van der Waals surface area contributed by atoms with Crippen LogP contribution in [0.25, 0.3) is 11.1 Å². The monoisotopic (exact) mass is 332 g/mol. The fourth-order valence-electron chi connectivity index (χ4n) is 2.45. The first-order valence-corrected chi connectivity index (χ1v) is 7.59. The Kier molecular flexibility index (Phi) is 4.48. The summed E-state index contributed by atoms with van der Waals surface area (Å²) in [6.07, 6.45) is 4.34. The third-order valence-corrected chi connectivity index (χ3v) is 4.31. The first-order chi connectivity index (χ1) is 10.7. The minimum atomic E-state index is -0.782. The average molecular weight is 333 g/mol. The minimum Gasteiger partial charge on any atom is -0.386 e. The Morgan fingerprint density at radius 3 is 2.55 bits per heavy atom. The van der Waals surface area contributed by atoms with Gasteiger partial charge in [-0.25, -0.2) is 4.98 Å². The summed E-state index contributed by atoms with van der Waals surface area (Å²) >= 11 is 12.5. The average Bonchev–Trinajstić information content (AvgIpc) is 3.03. The quantitative estimate of drug-likeness (QED) is 0.758. The van der Waals surface area contributed by atoms with E-state index >= 15 is 0 Å². The zero-order valence-corrected chi connectivity index (χ0v) is 13.2. The van der Waals surface area contributed by atoms with Crippen molar-refractivity contribution in [3.63, 3.8) is 0 Å². The highest BCUT2D eigenvalue weighted by atomic mass is 35.5. The molecule has 1 atom stereocenters. The molecule has 0 radical (unpaired) electrons. The number of halogens is 2. The molecule has 0 bridgehead atoms. The summed E-state index contributed by atoms with van der Waals surface area (Å²) in [4.78, 5) is 3.98. The fraction of sp³-hybridized carbons (Fsp3) is 0.118. The normalized spacial score (nSPS) is 12.3. The van der Waals surface area contributed by atoms with Crippen LogP contribution in [0, 0.1) is 0 Å². The van der Waals surface area contributed by atoms with Gasteiger partial charge < -0.3 is 9.67 Å². The molecule has 0 aliphatic heterocycles. The molecule has 2 aromatic carbocycles. The van der Waals surface area contributed by atoms with E-state index in [0.29, 0.717) is 22.2 Å². The highest BCUT2D eigenvalue weighted by molar-refractivity contribution is 6.42. The van der Waals surface area contributed by atoms with Crippen LogP contribution in [0.2, 0.25) is 10.0 Å². The lowest BCUT2D eigenvalue weighted by Crippen LogP contribution is -2.09. The fourth-order valence-corrected chi connectivity index (χ4v) is 2.90. The van der Waals surface area contributed by atoms with Crippen LogP contribution >= 0.6 is 23.2 Å². The SMILES string of the molecule is OC(Cn1ccnc1)c1c(-c2ccccc2)ccc(Cl)c1Cl. The molecule has 1 N–H and O–H groups in total. The largest absolute Gasteiger partial charge is 0.386 e. The van der Waals surface area contributed by atoms with E-state index in [1.807, 2.05) is 36.4 Å². The third-order valence-electron chi connectivity index (χ3n) is 3.49. The first kappa shape index (κ1) is 15.1. The number of aliphatic hydroxyl groups excluding tert-OH is 1. The van der Waals surface area contributed by atoms with Crippen molar-refractivity contribution in [2.45, 2.75) is 12.6 Å². The molecule has 22 heavy (non-hydrogen) atoms. The Balaban J connectivity index is 2.06. The number of hydrogen-bond acceptors (Lipinski definition) is 2. The summed E-state index contributed by atoms with van der Waals surface area (Å²) in [5.74, 6) is 0. The Bertz CT molecular complexity index is 758. The van der Waals surface area contributed by atoms with E-state index in [9.17, 15) is 5.11 Å². The van der Waals surface area contributed by atoms with E-state index < -0.39 is 6.10 Å². The molecule has 1 aromatic heterocycles. The molecule has 1 heterocycles. The van der Waals surface area contributed by atoms with Crippen LogP contribution in [0.3, 0.4) is 0 Å². The lowest BCUT2D eigenvalue weighted by Gasteiger charge is -2.19. The van der Waals surface area contributed by atoms with Crippen molar-refractivity contribution in [2.75, 3.05) is 0 Å². The summed E-state index contributed by atoms with van der Waals surface area (Å²) in [7, 11) is 0. The van der Waals surface area contributed by atoms with E-state index in [2.05, 4.69) is 4.98 Å². The van der Waals surface area contributed by atoms with Gasteiger partial charge in [0.1, 0.15) is 0 Å². The molecule has 0 aliphatic rings. The molecule has 3 nitrogen and oxygen atoms in total. The van der Waals surface area contributed by atoms with Gasteiger partial charge in [-0.2, -0.15) is 0 Å². The number of benzene rings is 2. The van der Waals surface area contributed by atoms with Gasteiger partial charge in [0, 0.05) is 18.0 Å². The molecule has 5 heteroatoms. The molecule has 0 amide bonds. The molecule has 1 unspecified atom stereocenters. The van der Waals surface area contributed by atoms with Gasteiger partial charge in [0.2, 0.25) is 0 Å². The highest BCUT2D eigenvalue weighted by Crippen LogP contribution is 2.38. The summed E-state index contributed by atoms with van der Waals surface area (Å²) in [5.41, 5.74) is 2.50. The zero-order chi connectivity index (χ0) is 15.5. The summed E-state index contributed by atoms with van der Waals surface area (Å²) < 4.78 is 1.80. The van der Waals surface area contributed by atoms with Crippen LogP contribution in [-0.2, 0) is 6.54 Å². The number of hydrogen-bond donors (Lipinski definition) is 1. The second kappa shape index (κ2) is 6.53. The highest BCUT2D eigenvalue weighted by Gasteiger charge is 2.20. The van der Waals surface area contributed by atoms with Crippen LogP contribution in [0.1, 0.15) is 11.7 Å². The van der Waals surface area contributed by atoms with Gasteiger partial charge in [0.05, 0.1) is 29.0 Å². The van der Waals surface area contributed by atoms with Crippen molar-refractivity contribution in [2.24, 2.45) is 0 Å². The van der Waals surface area contributed by atoms with Gasteiger partial charge in [0.15, 0.2) is 0 Å². The van der Waals surface area contributed by atoms with Gasteiger partial charge in [-0.15, -0.1) is 0 Å². The molecule has 0 fully saturated rings. The molecule has 112 valence electrons. The molecule has 0 aliphatic carbocycles. The number of aliphatic hydroxyl groups is 1. The van der Waals surface area contributed by atoms with Gasteiger partial charge in [-0.3, -0.25) is 0 Å². The second-order valence-corrected chi connectivity index (χ2v) is 5.75. The molecule has 0 spiro atoms. The standard InChI is InChI=1S/C17H14Cl2N2O/c18-14-7-6-13(12-4-2-1-3-5-12)16(17(14)19)15(22)10-21-9-8-20-11-21/h1-9,11,15,22H,10H2. The molecular formula is C17H14Cl2N2O. The second-order valence-electron chi connectivity index (χ2n) is 4.96. The Hall–Kier alpha value is -1.81. The van der Waals surface area contributed by atoms with Crippen LogP contribution in [0.15, 0.2) is 61.2 Å². The predicted molar refractivity (Wildman–Crippen MR) is 89.1 cm³/mol. The maximum atomic E-state index is 10.6. The summed E-state index contributed by atoms with van der Waals surface area (Å²) in [6.45, 7) is 0.361. The van der Waals surface area contributed by atoms with Gasteiger partial charge >= 0.3 is 0 Å². The smallest absolute Gasteiger partial charge is 0.0990 e. The predicted octanol–water partition coefficient (Wildman–Crippen LogP) is 4.59. The van der Waals surface area contributed by atoms with Crippen LogP contribution < -0.4 is 0 Å². The van der Waals surface area contributed by atoms with Crippen molar-refractivity contribution >= 4 is 23.2 Å². The lowest BCUT2D eigenvalue weighted by atomic mass is 9.96. The van der Waals surface area contributed by atoms with Crippen molar-refractivity contribution < 1.29 is 5.11 Å². The number of nitrogens with zero attached hydrogens (tertiary/aromatic N) is 2. The zero-order valence-electron chi connectivity index (χ0n) is 11.7. The topological polar surface area (TPSA) is 38.0 Å². The van der Waals surface area contributed by atoms with Gasteiger partial charge in [-0.1, -0.05) is 59.6 Å². The van der Waals surface area contributed by atoms with E-state index in [1.165, 1.54) is 0 Å². The lowest BCUT2D eigenvalue weighted by molar-refractivity contribution is 0.157. The van der Waals surface area contributed by atoms with E-state index in [0.717, 1.165) is 11.1 Å². The van der Waals surface area contributed by atoms with E-state index in [4.69, 9.17) is 23.2 Å². The molecule has 3 aromatic rings. The van der Waals surface area contributed by atoms with Crippen molar-refractivity contribution in [3.8, 4) is 11.1 Å². The molecule has 0 saturated carbocycles. The van der Waals surface area contributed by atoms with Crippen molar-refractivity contribution in [1.82, 2.24) is 9.55 Å². The number of aromatic nitrogens is 2. The molecule has 3 rings (SSSR count). The maximum absolute atomic E-state index is 10.6. The summed E-state index contributed by atoms with van der Waals surface area (Å²) in [5, 5.41) is 11.5. The van der Waals surface area contributed by atoms with Gasteiger partial charge in [-0.05, 0) is 17.2 Å². The van der Waals surface area contributed by atoms with Crippen LogP contribution in [0.4, 0.5) is 0 Å².